The Hall–Kier alpha value is -0.410. The van der Waals surface area contributed by atoms with Gasteiger partial charge in [0.05, 0.1) is 12.2 Å². The summed E-state index contributed by atoms with van der Waals surface area (Å²) >= 11 is 0. The van der Waals surface area contributed by atoms with Gasteiger partial charge in [-0.15, -0.1) is 0 Å². The summed E-state index contributed by atoms with van der Waals surface area (Å²) in [6.07, 6.45) is 11.8. The fourth-order valence-electron chi connectivity index (χ4n) is 8.93. The quantitative estimate of drug-likeness (QED) is 0.684. The van der Waals surface area contributed by atoms with E-state index in [0.29, 0.717) is 36.2 Å². The van der Waals surface area contributed by atoms with Crippen molar-refractivity contribution in [2.75, 3.05) is 13.2 Å². The number of ketones is 1. The summed E-state index contributed by atoms with van der Waals surface area (Å²) in [6.45, 7) is 9.89. The van der Waals surface area contributed by atoms with Gasteiger partial charge >= 0.3 is 0 Å². The Kier molecular flexibility index (Phi) is 5.49. The van der Waals surface area contributed by atoms with Gasteiger partial charge in [0, 0.05) is 12.5 Å². The van der Waals surface area contributed by atoms with Crippen LogP contribution in [0.1, 0.15) is 91.9 Å². The largest absolute Gasteiger partial charge is 0.387 e. The van der Waals surface area contributed by atoms with E-state index in [1.165, 1.54) is 44.9 Å². The lowest BCUT2D eigenvalue weighted by Gasteiger charge is -2.63. The first-order valence-corrected chi connectivity index (χ1v) is 12.1. The van der Waals surface area contributed by atoms with Crippen molar-refractivity contribution in [1.82, 2.24) is 0 Å². The summed E-state index contributed by atoms with van der Waals surface area (Å²) in [5.41, 5.74) is 0.0542. The number of aliphatic hydroxyl groups is 1. The molecule has 28 heavy (non-hydrogen) atoms. The molecule has 0 aromatic rings. The summed E-state index contributed by atoms with van der Waals surface area (Å²) in [5.74, 6) is 3.73. The molecule has 3 heteroatoms. The second kappa shape index (κ2) is 7.38. The highest BCUT2D eigenvalue weighted by molar-refractivity contribution is 5.79. The fourth-order valence-corrected chi connectivity index (χ4v) is 8.93. The van der Waals surface area contributed by atoms with E-state index >= 15 is 0 Å². The summed E-state index contributed by atoms with van der Waals surface area (Å²) < 4.78 is 5.65. The average molecular weight is 391 g/mol. The predicted octanol–water partition coefficient (Wildman–Crippen LogP) is 5.39. The molecule has 0 radical (unpaired) electrons. The number of Topliss-reactive ketones (excluding diaryl/α,β-unsaturated/α-hetero) is 1. The molecule has 8 atom stereocenters. The van der Waals surface area contributed by atoms with E-state index in [1.807, 2.05) is 13.8 Å². The molecule has 0 spiro atoms. The standard InChI is InChI=1S/C25H42O3/c1-5-25-14-13-24(27,16-28-6-2)15-18(25)7-8-19-21-10-9-20(17(3)26)23(21,4)12-11-22(19)25/h18-22,27H,5-16H2,1-4H3/t18-,19-,20+,21?,22?,23+,24+,25-/m0/s1. The molecule has 2 unspecified atom stereocenters. The first-order valence-electron chi connectivity index (χ1n) is 12.1. The van der Waals surface area contributed by atoms with E-state index in [4.69, 9.17) is 4.74 Å². The van der Waals surface area contributed by atoms with Crippen molar-refractivity contribution in [2.45, 2.75) is 97.5 Å². The van der Waals surface area contributed by atoms with Crippen LogP contribution >= 0.6 is 0 Å². The molecule has 4 fully saturated rings. The van der Waals surface area contributed by atoms with Crippen LogP contribution in [0.25, 0.3) is 0 Å². The van der Waals surface area contributed by atoms with Crippen LogP contribution in [0.3, 0.4) is 0 Å². The maximum Gasteiger partial charge on any atom is 0.133 e. The predicted molar refractivity (Wildman–Crippen MR) is 112 cm³/mol. The van der Waals surface area contributed by atoms with Crippen molar-refractivity contribution in [3.05, 3.63) is 0 Å². The normalized spacial score (nSPS) is 50.5. The van der Waals surface area contributed by atoms with Gasteiger partial charge < -0.3 is 9.84 Å². The van der Waals surface area contributed by atoms with Gasteiger partial charge in [0.25, 0.3) is 0 Å². The highest BCUT2D eigenvalue weighted by Crippen LogP contribution is 2.68. The number of ether oxygens (including phenoxy) is 1. The maximum atomic E-state index is 12.3. The molecule has 0 aromatic heterocycles. The van der Waals surface area contributed by atoms with Crippen molar-refractivity contribution >= 4 is 5.78 Å². The van der Waals surface area contributed by atoms with Crippen molar-refractivity contribution < 1.29 is 14.6 Å². The monoisotopic (exact) mass is 390 g/mol. The first-order chi connectivity index (χ1) is 13.3. The molecule has 0 bridgehead atoms. The van der Waals surface area contributed by atoms with E-state index in [9.17, 15) is 9.90 Å². The van der Waals surface area contributed by atoms with Crippen LogP contribution < -0.4 is 0 Å². The Balaban J connectivity index is 1.57. The van der Waals surface area contributed by atoms with Gasteiger partial charge in [0.1, 0.15) is 5.78 Å². The summed E-state index contributed by atoms with van der Waals surface area (Å²) in [7, 11) is 0. The number of carbonyl (C=O) groups is 1. The van der Waals surface area contributed by atoms with Crippen LogP contribution in [-0.2, 0) is 9.53 Å². The molecule has 4 aliphatic carbocycles. The minimum Gasteiger partial charge on any atom is -0.387 e. The topological polar surface area (TPSA) is 46.5 Å². The lowest BCUT2D eigenvalue weighted by atomic mass is 9.42. The van der Waals surface area contributed by atoms with E-state index in [0.717, 1.165) is 37.0 Å². The van der Waals surface area contributed by atoms with E-state index < -0.39 is 5.60 Å². The molecule has 4 rings (SSSR count). The van der Waals surface area contributed by atoms with E-state index in [2.05, 4.69) is 13.8 Å². The van der Waals surface area contributed by atoms with Gasteiger partial charge in [0.15, 0.2) is 0 Å². The minimum atomic E-state index is -0.609. The Morgan fingerprint density at radius 3 is 2.50 bits per heavy atom. The average Bonchev–Trinajstić information content (AvgIpc) is 3.03. The Labute approximate surface area is 172 Å². The van der Waals surface area contributed by atoms with Crippen molar-refractivity contribution in [3.8, 4) is 0 Å². The molecule has 4 saturated carbocycles. The SMILES string of the molecule is CCOC[C@@]1(O)CC[C@]2(CC)C3CC[C@@]4(C)C(CC[C@@H]4C(C)=O)[C@@H]3CC[C@H]2C1. The molecule has 3 nitrogen and oxygen atoms in total. The third-order valence-electron chi connectivity index (χ3n) is 10.2. The van der Waals surface area contributed by atoms with Crippen LogP contribution in [0.5, 0.6) is 0 Å². The molecule has 160 valence electrons. The number of hydrogen-bond acceptors (Lipinski definition) is 3. The molecule has 4 aliphatic rings. The number of carbonyl (C=O) groups excluding carboxylic acids is 1. The van der Waals surface area contributed by atoms with Crippen LogP contribution in [0.15, 0.2) is 0 Å². The van der Waals surface area contributed by atoms with Gasteiger partial charge in [-0.25, -0.2) is 0 Å². The molecule has 0 saturated heterocycles. The van der Waals surface area contributed by atoms with Gasteiger partial charge in [-0.2, -0.15) is 0 Å². The maximum absolute atomic E-state index is 12.3. The molecule has 0 aliphatic heterocycles. The number of fused-ring (bicyclic) bond motifs is 5. The van der Waals surface area contributed by atoms with Crippen LogP contribution in [0.4, 0.5) is 0 Å². The lowest BCUT2D eigenvalue weighted by molar-refractivity contribution is -0.173. The van der Waals surface area contributed by atoms with Crippen molar-refractivity contribution in [2.24, 2.45) is 40.4 Å². The minimum absolute atomic E-state index is 0.249. The van der Waals surface area contributed by atoms with Gasteiger partial charge in [-0.05, 0) is 113 Å². The molecular formula is C25H42O3. The zero-order valence-corrected chi connectivity index (χ0v) is 18.6. The van der Waals surface area contributed by atoms with E-state index in [-0.39, 0.29) is 5.41 Å². The van der Waals surface area contributed by atoms with Crippen molar-refractivity contribution in [1.29, 1.82) is 0 Å². The summed E-state index contributed by atoms with van der Waals surface area (Å²) in [5, 5.41) is 11.2. The Bertz CT molecular complexity index is 603. The van der Waals surface area contributed by atoms with Crippen LogP contribution in [-0.4, -0.2) is 29.7 Å². The van der Waals surface area contributed by atoms with Gasteiger partial charge in [-0.1, -0.05) is 13.8 Å². The second-order valence-corrected chi connectivity index (χ2v) is 11.1. The van der Waals surface area contributed by atoms with Gasteiger partial charge in [-0.3, -0.25) is 4.79 Å². The summed E-state index contributed by atoms with van der Waals surface area (Å²) in [4.78, 5) is 12.3. The van der Waals surface area contributed by atoms with Crippen molar-refractivity contribution in [3.63, 3.8) is 0 Å². The fraction of sp³-hybridized carbons (Fsp3) is 0.960. The van der Waals surface area contributed by atoms with Gasteiger partial charge in [0.2, 0.25) is 0 Å². The summed E-state index contributed by atoms with van der Waals surface area (Å²) in [6, 6.07) is 0. The molecular weight excluding hydrogens is 348 g/mol. The smallest absolute Gasteiger partial charge is 0.133 e. The van der Waals surface area contributed by atoms with E-state index in [1.54, 1.807) is 0 Å². The third kappa shape index (κ3) is 3.02. The highest BCUT2D eigenvalue weighted by Gasteiger charge is 2.62. The first kappa shape index (κ1) is 20.8. The molecule has 1 N–H and O–H groups in total. The van der Waals surface area contributed by atoms with Crippen LogP contribution in [0, 0.1) is 40.4 Å². The number of hydrogen-bond donors (Lipinski definition) is 1. The zero-order valence-electron chi connectivity index (χ0n) is 18.6. The third-order valence-corrected chi connectivity index (χ3v) is 10.2. The zero-order chi connectivity index (χ0) is 20.2. The lowest BCUT2D eigenvalue weighted by Crippen LogP contribution is -2.57. The van der Waals surface area contributed by atoms with Crippen LogP contribution in [0.2, 0.25) is 0 Å². The number of rotatable bonds is 5. The Morgan fingerprint density at radius 1 is 1.04 bits per heavy atom. The molecule has 0 aromatic carbocycles. The molecule has 0 amide bonds. The highest BCUT2D eigenvalue weighted by atomic mass is 16.5. The Morgan fingerprint density at radius 2 is 1.82 bits per heavy atom. The molecule has 0 heterocycles. The second-order valence-electron chi connectivity index (χ2n) is 11.1.